The lowest BCUT2D eigenvalue weighted by Gasteiger charge is -2.15. The van der Waals surface area contributed by atoms with Crippen LogP contribution in [0.15, 0.2) is 79.9 Å². The quantitative estimate of drug-likeness (QED) is 0.302. The van der Waals surface area contributed by atoms with E-state index in [1.165, 1.54) is 44.5 Å². The summed E-state index contributed by atoms with van der Waals surface area (Å²) in [5.41, 5.74) is 8.93. The van der Waals surface area contributed by atoms with Gasteiger partial charge in [0.25, 0.3) is 0 Å². The lowest BCUT2D eigenvalue weighted by atomic mass is 9.93. The topological polar surface area (TPSA) is 37.0 Å². The van der Waals surface area contributed by atoms with Crippen LogP contribution >= 0.6 is 0 Å². The van der Waals surface area contributed by atoms with Crippen molar-refractivity contribution in [3.8, 4) is 5.75 Å². The van der Waals surface area contributed by atoms with Crippen molar-refractivity contribution in [3.63, 3.8) is 0 Å². The molecule has 3 nitrogen and oxygen atoms in total. The van der Waals surface area contributed by atoms with Gasteiger partial charge >= 0.3 is 0 Å². The summed E-state index contributed by atoms with van der Waals surface area (Å²) in [4.78, 5) is 3.72. The van der Waals surface area contributed by atoms with E-state index in [1.54, 1.807) is 7.11 Å². The molecule has 0 saturated carbocycles. The van der Waals surface area contributed by atoms with Crippen LogP contribution in [0.3, 0.4) is 0 Å². The van der Waals surface area contributed by atoms with Gasteiger partial charge in [0.1, 0.15) is 5.75 Å². The molecule has 32 heavy (non-hydrogen) atoms. The zero-order valence-corrected chi connectivity index (χ0v) is 19.7. The van der Waals surface area contributed by atoms with Gasteiger partial charge in [-0.15, -0.1) is 13.2 Å². The number of H-pyrrole nitrogens is 1. The van der Waals surface area contributed by atoms with Crippen molar-refractivity contribution in [2.75, 3.05) is 19.0 Å². The Hall–Kier alpha value is -3.46. The van der Waals surface area contributed by atoms with Crippen LogP contribution in [0.1, 0.15) is 40.8 Å². The second-order valence-corrected chi connectivity index (χ2v) is 8.10. The molecule has 0 aliphatic carbocycles. The lowest BCUT2D eigenvalue weighted by molar-refractivity contribution is 0.414. The van der Waals surface area contributed by atoms with Crippen LogP contribution in [-0.4, -0.2) is 18.6 Å². The number of rotatable bonds is 7. The molecule has 0 aliphatic rings. The summed E-state index contributed by atoms with van der Waals surface area (Å²) in [5, 5.41) is 4.91. The van der Waals surface area contributed by atoms with Crippen LogP contribution in [0.2, 0.25) is 0 Å². The third kappa shape index (κ3) is 5.23. The van der Waals surface area contributed by atoms with E-state index in [0.29, 0.717) is 0 Å². The highest BCUT2D eigenvalue weighted by atomic mass is 16.5. The molecule has 166 valence electrons. The van der Waals surface area contributed by atoms with Crippen molar-refractivity contribution in [1.29, 1.82) is 0 Å². The fourth-order valence-corrected chi connectivity index (χ4v) is 4.08. The van der Waals surface area contributed by atoms with Gasteiger partial charge in [0, 0.05) is 34.7 Å². The van der Waals surface area contributed by atoms with E-state index < -0.39 is 0 Å². The number of ether oxygens (including phenoxy) is 1. The summed E-state index contributed by atoms with van der Waals surface area (Å²) >= 11 is 0. The van der Waals surface area contributed by atoms with Crippen molar-refractivity contribution >= 4 is 16.6 Å². The second kappa shape index (κ2) is 10.7. The van der Waals surface area contributed by atoms with E-state index in [0.717, 1.165) is 18.7 Å². The van der Waals surface area contributed by atoms with Gasteiger partial charge in [-0.25, -0.2) is 0 Å². The molecule has 1 atom stereocenters. The largest absolute Gasteiger partial charge is 0.497 e. The Kier molecular flexibility index (Phi) is 7.77. The molecule has 0 aliphatic heterocycles. The molecule has 0 fully saturated rings. The van der Waals surface area contributed by atoms with E-state index in [-0.39, 0.29) is 5.92 Å². The molecule has 1 aromatic heterocycles. The van der Waals surface area contributed by atoms with Gasteiger partial charge < -0.3 is 15.0 Å². The van der Waals surface area contributed by atoms with Crippen LogP contribution < -0.4 is 10.1 Å². The lowest BCUT2D eigenvalue weighted by Crippen LogP contribution is -2.08. The molecule has 3 heteroatoms. The maximum absolute atomic E-state index is 5.33. The number of anilines is 1. The Balaban J connectivity index is 0.00000141. The van der Waals surface area contributed by atoms with Crippen LogP contribution in [0.5, 0.6) is 5.75 Å². The van der Waals surface area contributed by atoms with Gasteiger partial charge in [-0.05, 0) is 67.8 Å². The Labute approximate surface area is 192 Å². The maximum atomic E-state index is 5.33. The Morgan fingerprint density at radius 1 is 0.906 bits per heavy atom. The minimum atomic E-state index is 0.276. The highest BCUT2D eigenvalue weighted by molar-refractivity contribution is 5.86. The third-order valence-electron chi connectivity index (χ3n) is 5.90. The van der Waals surface area contributed by atoms with Crippen molar-refractivity contribution in [2.45, 2.75) is 33.1 Å². The van der Waals surface area contributed by atoms with Crippen LogP contribution in [0, 0.1) is 13.8 Å². The molecular formula is C29H34N2O. The second-order valence-electron chi connectivity index (χ2n) is 8.10. The fraction of sp³-hybridized carbons (Fsp3) is 0.241. The summed E-state index contributed by atoms with van der Waals surface area (Å²) in [6, 6.07) is 23.7. The van der Waals surface area contributed by atoms with Crippen LogP contribution in [0.4, 0.5) is 5.69 Å². The summed E-state index contributed by atoms with van der Waals surface area (Å²) in [5.74, 6) is 1.17. The molecular weight excluding hydrogens is 392 g/mol. The van der Waals surface area contributed by atoms with Gasteiger partial charge in [-0.2, -0.15) is 0 Å². The number of fused-ring (bicyclic) bond motifs is 1. The van der Waals surface area contributed by atoms with E-state index in [9.17, 15) is 0 Å². The molecule has 0 saturated heterocycles. The van der Waals surface area contributed by atoms with Crippen molar-refractivity contribution in [2.24, 2.45) is 0 Å². The molecule has 4 aromatic rings. The molecule has 1 unspecified atom stereocenters. The van der Waals surface area contributed by atoms with Crippen molar-refractivity contribution in [3.05, 3.63) is 108 Å². The molecule has 0 radical (unpaired) electrons. The Morgan fingerprint density at radius 2 is 1.56 bits per heavy atom. The first-order valence-corrected chi connectivity index (χ1v) is 11.1. The van der Waals surface area contributed by atoms with Gasteiger partial charge in [0.15, 0.2) is 0 Å². The maximum Gasteiger partial charge on any atom is 0.118 e. The SMILES string of the molecule is C=C.COc1ccc(C(C)c2[nH]c3ccc(C)cc3c2CCNc2ccc(C)cc2)cc1. The van der Waals surface area contributed by atoms with Crippen molar-refractivity contribution < 1.29 is 4.74 Å². The minimum Gasteiger partial charge on any atom is -0.497 e. The molecule has 3 aromatic carbocycles. The number of hydrogen-bond acceptors (Lipinski definition) is 2. The Morgan fingerprint density at radius 3 is 2.22 bits per heavy atom. The van der Waals surface area contributed by atoms with E-state index in [1.807, 2.05) is 12.1 Å². The van der Waals surface area contributed by atoms with Crippen LogP contribution in [0.25, 0.3) is 10.9 Å². The van der Waals surface area contributed by atoms with Crippen molar-refractivity contribution in [1.82, 2.24) is 4.98 Å². The molecule has 0 spiro atoms. The first-order valence-electron chi connectivity index (χ1n) is 11.1. The zero-order valence-electron chi connectivity index (χ0n) is 19.7. The zero-order chi connectivity index (χ0) is 23.1. The highest BCUT2D eigenvalue weighted by Crippen LogP contribution is 2.33. The van der Waals surface area contributed by atoms with E-state index >= 15 is 0 Å². The Bertz CT molecular complexity index is 1140. The monoisotopic (exact) mass is 426 g/mol. The normalized spacial score (nSPS) is 11.5. The minimum absolute atomic E-state index is 0.276. The number of benzene rings is 3. The molecule has 1 heterocycles. The average Bonchev–Trinajstić information content (AvgIpc) is 3.19. The average molecular weight is 427 g/mol. The standard InChI is InChI=1S/C27H30N2O.C2H4/c1-18-5-10-22(11-6-18)28-16-15-24-25-17-19(2)7-14-26(25)29-27(24)20(3)21-8-12-23(30-4)13-9-21;1-2/h5-14,17,20,28-29H,15-16H2,1-4H3;1-2H2. The summed E-state index contributed by atoms with van der Waals surface area (Å²) in [6.45, 7) is 13.4. The smallest absolute Gasteiger partial charge is 0.118 e. The number of aromatic amines is 1. The summed E-state index contributed by atoms with van der Waals surface area (Å²) in [6.07, 6.45) is 0.965. The number of nitrogens with one attached hydrogen (secondary N) is 2. The number of hydrogen-bond donors (Lipinski definition) is 2. The first-order chi connectivity index (χ1) is 15.5. The molecule has 0 bridgehead atoms. The van der Waals surface area contributed by atoms with Gasteiger partial charge in [0.2, 0.25) is 0 Å². The predicted octanol–water partition coefficient (Wildman–Crippen LogP) is 7.40. The van der Waals surface area contributed by atoms with E-state index in [4.69, 9.17) is 4.74 Å². The number of aromatic nitrogens is 1. The molecule has 2 N–H and O–H groups in total. The summed E-state index contributed by atoms with van der Waals surface area (Å²) < 4.78 is 5.33. The van der Waals surface area contributed by atoms with Gasteiger partial charge in [-0.3, -0.25) is 0 Å². The first kappa shape index (κ1) is 23.2. The number of methoxy groups -OCH3 is 1. The van der Waals surface area contributed by atoms with E-state index in [2.05, 4.69) is 98.8 Å². The third-order valence-corrected chi connectivity index (χ3v) is 5.90. The van der Waals surface area contributed by atoms with Crippen LogP contribution in [-0.2, 0) is 6.42 Å². The molecule has 4 rings (SSSR count). The van der Waals surface area contributed by atoms with Gasteiger partial charge in [0.05, 0.1) is 7.11 Å². The predicted molar refractivity (Wildman–Crippen MR) is 138 cm³/mol. The molecule has 0 amide bonds. The summed E-state index contributed by atoms with van der Waals surface area (Å²) in [7, 11) is 1.71. The number of aryl methyl sites for hydroxylation is 2. The highest BCUT2D eigenvalue weighted by Gasteiger charge is 2.18. The fourth-order valence-electron chi connectivity index (χ4n) is 4.08. The van der Waals surface area contributed by atoms with Gasteiger partial charge in [-0.1, -0.05) is 48.4 Å².